The molecule has 6 nitrogen and oxygen atoms in total. The quantitative estimate of drug-likeness (QED) is 0.805. The van der Waals surface area contributed by atoms with Gasteiger partial charge in [0.05, 0.1) is 0 Å². The molecule has 2 rings (SSSR count). The van der Waals surface area contributed by atoms with E-state index in [-0.39, 0.29) is 6.61 Å². The van der Waals surface area contributed by atoms with Gasteiger partial charge >= 0.3 is 12.1 Å². The lowest BCUT2D eigenvalue weighted by atomic mass is 10.1. The van der Waals surface area contributed by atoms with Gasteiger partial charge in [-0.15, -0.1) is 0 Å². The maximum Gasteiger partial charge on any atom is 0.431 e. The van der Waals surface area contributed by atoms with Gasteiger partial charge in [-0.2, -0.15) is 10.1 Å². The Balaban J connectivity index is 1.93. The number of esters is 1. The first-order valence-electron chi connectivity index (χ1n) is 7.12. The highest BCUT2D eigenvalue weighted by atomic mass is 16.6. The topological polar surface area (TPSA) is 68.2 Å². The lowest BCUT2D eigenvalue weighted by Gasteiger charge is -2.25. The molecule has 0 fully saturated rings. The molecule has 0 bridgehead atoms. The fourth-order valence-electron chi connectivity index (χ4n) is 1.94. The minimum Gasteiger partial charge on any atom is -0.458 e. The highest BCUT2D eigenvalue weighted by Crippen LogP contribution is 2.18. The molecule has 1 aliphatic heterocycles. The fraction of sp³-hybridized carbons (Fsp3) is 0.438. The molecule has 0 saturated heterocycles. The summed E-state index contributed by atoms with van der Waals surface area (Å²) in [6.07, 6.45) is 1.18. The van der Waals surface area contributed by atoms with Gasteiger partial charge in [0.15, 0.2) is 6.04 Å². The van der Waals surface area contributed by atoms with Crippen molar-refractivity contribution < 1.29 is 19.1 Å². The lowest BCUT2D eigenvalue weighted by molar-refractivity contribution is -0.160. The number of carbonyl (C=O) groups is 2. The van der Waals surface area contributed by atoms with Gasteiger partial charge in [0.2, 0.25) is 0 Å². The van der Waals surface area contributed by atoms with E-state index >= 15 is 0 Å². The average molecular weight is 304 g/mol. The molecule has 0 saturated carbocycles. The van der Waals surface area contributed by atoms with Gasteiger partial charge in [0.25, 0.3) is 0 Å². The van der Waals surface area contributed by atoms with Crippen molar-refractivity contribution in [3.05, 3.63) is 35.9 Å². The van der Waals surface area contributed by atoms with Crippen LogP contribution in [0.5, 0.6) is 0 Å². The molecule has 1 heterocycles. The van der Waals surface area contributed by atoms with Crippen molar-refractivity contribution in [2.75, 3.05) is 0 Å². The Bertz CT molecular complexity index is 563. The van der Waals surface area contributed by atoms with Crippen LogP contribution in [0, 0.1) is 0 Å². The Morgan fingerprint density at radius 2 is 1.95 bits per heavy atom. The molecule has 1 aromatic rings. The van der Waals surface area contributed by atoms with Crippen molar-refractivity contribution >= 4 is 18.3 Å². The van der Waals surface area contributed by atoms with Gasteiger partial charge in [-0.25, -0.2) is 9.59 Å². The third-order valence-corrected chi connectivity index (χ3v) is 2.90. The van der Waals surface area contributed by atoms with Crippen molar-refractivity contribution in [1.82, 2.24) is 5.01 Å². The van der Waals surface area contributed by atoms with Crippen LogP contribution in [-0.4, -0.2) is 34.9 Å². The number of rotatable bonds is 3. The number of ether oxygens (including phenoxy) is 2. The highest BCUT2D eigenvalue weighted by Gasteiger charge is 2.36. The van der Waals surface area contributed by atoms with Crippen LogP contribution in [0.3, 0.4) is 0 Å². The van der Waals surface area contributed by atoms with Crippen molar-refractivity contribution in [3.8, 4) is 0 Å². The Morgan fingerprint density at radius 3 is 2.59 bits per heavy atom. The van der Waals surface area contributed by atoms with Gasteiger partial charge in [-0.05, 0) is 26.3 Å². The van der Waals surface area contributed by atoms with E-state index in [2.05, 4.69) is 5.10 Å². The fourth-order valence-corrected chi connectivity index (χ4v) is 1.94. The predicted molar refractivity (Wildman–Crippen MR) is 81.2 cm³/mol. The SMILES string of the molecule is CC(C)(C)OC(=O)[C@@H]1CC=NN1C(=O)OCc1ccccc1. The van der Waals surface area contributed by atoms with Gasteiger partial charge < -0.3 is 9.47 Å². The molecule has 1 aliphatic rings. The molecule has 22 heavy (non-hydrogen) atoms. The number of amides is 1. The number of nitrogens with zero attached hydrogens (tertiary/aromatic N) is 2. The first-order valence-corrected chi connectivity index (χ1v) is 7.12. The number of benzene rings is 1. The maximum atomic E-state index is 12.1. The lowest BCUT2D eigenvalue weighted by Crippen LogP contribution is -2.42. The van der Waals surface area contributed by atoms with E-state index in [1.807, 2.05) is 30.3 Å². The summed E-state index contributed by atoms with van der Waals surface area (Å²) in [6, 6.07) is 8.55. The Hall–Kier alpha value is -2.37. The Morgan fingerprint density at radius 1 is 1.27 bits per heavy atom. The van der Waals surface area contributed by atoms with E-state index in [4.69, 9.17) is 9.47 Å². The molecule has 0 spiro atoms. The molecule has 1 aromatic carbocycles. The molecule has 0 aliphatic carbocycles. The predicted octanol–water partition coefficient (Wildman–Crippen LogP) is 2.73. The monoisotopic (exact) mass is 304 g/mol. The van der Waals surface area contributed by atoms with E-state index in [0.29, 0.717) is 6.42 Å². The molecule has 0 N–H and O–H groups in total. The Labute approximate surface area is 129 Å². The summed E-state index contributed by atoms with van der Waals surface area (Å²) in [5.74, 6) is -0.485. The smallest absolute Gasteiger partial charge is 0.431 e. The summed E-state index contributed by atoms with van der Waals surface area (Å²) < 4.78 is 10.5. The van der Waals surface area contributed by atoms with E-state index in [9.17, 15) is 9.59 Å². The minimum absolute atomic E-state index is 0.132. The first-order chi connectivity index (χ1) is 10.4. The van der Waals surface area contributed by atoms with E-state index in [0.717, 1.165) is 10.6 Å². The molecular formula is C16H20N2O4. The summed E-state index contributed by atoms with van der Waals surface area (Å²) in [7, 11) is 0. The maximum absolute atomic E-state index is 12.1. The van der Waals surface area contributed by atoms with Crippen LogP contribution in [0.2, 0.25) is 0 Å². The standard InChI is InChI=1S/C16H20N2O4/c1-16(2,3)22-14(19)13-9-10-17-18(13)15(20)21-11-12-7-5-4-6-8-12/h4-8,10,13H,9,11H2,1-3H3/t13-/m0/s1. The second kappa shape index (κ2) is 6.60. The van der Waals surface area contributed by atoms with E-state index in [1.54, 1.807) is 20.8 Å². The van der Waals surface area contributed by atoms with Crippen LogP contribution in [0.1, 0.15) is 32.8 Å². The summed E-state index contributed by atoms with van der Waals surface area (Å²) in [4.78, 5) is 24.2. The highest BCUT2D eigenvalue weighted by molar-refractivity contribution is 5.87. The van der Waals surface area contributed by atoms with Crippen molar-refractivity contribution in [1.29, 1.82) is 0 Å². The molecule has 0 aromatic heterocycles. The molecule has 6 heteroatoms. The van der Waals surface area contributed by atoms with Crippen molar-refractivity contribution in [3.63, 3.8) is 0 Å². The zero-order valence-corrected chi connectivity index (χ0v) is 13.0. The normalized spacial score (nSPS) is 17.4. The second-order valence-electron chi connectivity index (χ2n) is 5.97. The first kappa shape index (κ1) is 16.0. The zero-order chi connectivity index (χ0) is 16.2. The van der Waals surface area contributed by atoms with Crippen LogP contribution < -0.4 is 0 Å². The number of hydrazone groups is 1. The minimum atomic E-state index is -0.762. The average Bonchev–Trinajstić information content (AvgIpc) is 2.93. The van der Waals surface area contributed by atoms with E-state index in [1.165, 1.54) is 6.21 Å². The summed E-state index contributed by atoms with van der Waals surface area (Å²) in [6.45, 7) is 5.46. The molecular weight excluding hydrogens is 284 g/mol. The molecule has 0 radical (unpaired) electrons. The van der Waals surface area contributed by atoms with Crippen molar-refractivity contribution in [2.45, 2.75) is 45.4 Å². The van der Waals surface area contributed by atoms with Gasteiger partial charge in [-0.1, -0.05) is 30.3 Å². The van der Waals surface area contributed by atoms with Crippen LogP contribution in [0.25, 0.3) is 0 Å². The molecule has 118 valence electrons. The van der Waals surface area contributed by atoms with Crippen molar-refractivity contribution in [2.24, 2.45) is 5.10 Å². The van der Waals surface area contributed by atoms with Gasteiger partial charge in [-0.3, -0.25) is 0 Å². The zero-order valence-electron chi connectivity index (χ0n) is 13.0. The van der Waals surface area contributed by atoms with E-state index < -0.39 is 23.7 Å². The van der Waals surface area contributed by atoms with Crippen LogP contribution in [0.15, 0.2) is 35.4 Å². The Kier molecular flexibility index (Phi) is 4.80. The molecule has 0 unspecified atom stereocenters. The molecule has 1 amide bonds. The van der Waals surface area contributed by atoms with Crippen LogP contribution >= 0.6 is 0 Å². The third kappa shape index (κ3) is 4.31. The number of hydrogen-bond acceptors (Lipinski definition) is 5. The van der Waals surface area contributed by atoms with Gasteiger partial charge in [0.1, 0.15) is 12.2 Å². The largest absolute Gasteiger partial charge is 0.458 e. The summed E-state index contributed by atoms with van der Waals surface area (Å²) in [5, 5.41) is 4.95. The van der Waals surface area contributed by atoms with Crippen LogP contribution in [0.4, 0.5) is 4.79 Å². The number of hydrogen-bond donors (Lipinski definition) is 0. The number of carbonyl (C=O) groups excluding carboxylic acids is 2. The third-order valence-electron chi connectivity index (χ3n) is 2.90. The molecule has 1 atom stereocenters. The van der Waals surface area contributed by atoms with Crippen LogP contribution in [-0.2, 0) is 20.9 Å². The van der Waals surface area contributed by atoms with Gasteiger partial charge in [0, 0.05) is 12.6 Å². The summed E-state index contributed by atoms with van der Waals surface area (Å²) >= 11 is 0. The summed E-state index contributed by atoms with van der Waals surface area (Å²) in [5.41, 5.74) is 0.257. The second-order valence-corrected chi connectivity index (χ2v) is 5.97.